The predicted molar refractivity (Wildman–Crippen MR) is 89.1 cm³/mol. The van der Waals surface area contributed by atoms with Crippen molar-refractivity contribution >= 4 is 0 Å². The van der Waals surface area contributed by atoms with Crippen molar-refractivity contribution < 1.29 is 0 Å². The second-order valence-electron chi connectivity index (χ2n) is 7.84. The SMILES string of the molecule is CC1(C)CC(N)CC2(CCCCC2)N1Cc1ccccc1. The summed E-state index contributed by atoms with van der Waals surface area (Å²) in [6, 6.07) is 11.3. The van der Waals surface area contributed by atoms with E-state index in [1.165, 1.54) is 44.1 Å². The lowest BCUT2D eigenvalue weighted by Crippen LogP contribution is -2.65. The van der Waals surface area contributed by atoms with Gasteiger partial charge < -0.3 is 5.73 Å². The Labute approximate surface area is 129 Å². The van der Waals surface area contributed by atoms with Crippen LogP contribution >= 0.6 is 0 Å². The molecule has 0 radical (unpaired) electrons. The molecular weight excluding hydrogens is 256 g/mol. The fourth-order valence-electron chi connectivity index (χ4n) is 4.90. The summed E-state index contributed by atoms with van der Waals surface area (Å²) in [7, 11) is 0. The Morgan fingerprint density at radius 1 is 1.05 bits per heavy atom. The number of hydrogen-bond donors (Lipinski definition) is 1. The monoisotopic (exact) mass is 286 g/mol. The molecule has 1 unspecified atom stereocenters. The summed E-state index contributed by atoms with van der Waals surface area (Å²) in [5.41, 5.74) is 8.42. The molecule has 1 heterocycles. The van der Waals surface area contributed by atoms with Crippen LogP contribution in [0.4, 0.5) is 0 Å². The van der Waals surface area contributed by atoms with E-state index in [0.717, 1.165) is 13.0 Å². The second-order valence-corrected chi connectivity index (χ2v) is 7.84. The van der Waals surface area contributed by atoms with Gasteiger partial charge in [0, 0.05) is 23.7 Å². The number of nitrogens with zero attached hydrogens (tertiary/aromatic N) is 1. The average molecular weight is 286 g/mol. The molecule has 1 aromatic carbocycles. The van der Waals surface area contributed by atoms with E-state index < -0.39 is 0 Å². The molecule has 1 saturated carbocycles. The normalized spacial score (nSPS) is 28.6. The molecule has 1 aromatic rings. The van der Waals surface area contributed by atoms with Crippen molar-refractivity contribution in [1.29, 1.82) is 0 Å². The summed E-state index contributed by atoms with van der Waals surface area (Å²) in [4.78, 5) is 2.80. The number of likely N-dealkylation sites (tertiary alicyclic amines) is 1. The molecular formula is C19H30N2. The molecule has 21 heavy (non-hydrogen) atoms. The zero-order valence-corrected chi connectivity index (χ0v) is 13.6. The molecule has 3 rings (SSSR count). The average Bonchev–Trinajstić information content (AvgIpc) is 2.44. The minimum absolute atomic E-state index is 0.199. The third-order valence-electron chi connectivity index (χ3n) is 5.67. The Morgan fingerprint density at radius 3 is 2.38 bits per heavy atom. The van der Waals surface area contributed by atoms with Crippen LogP contribution in [0, 0.1) is 0 Å². The second kappa shape index (κ2) is 5.73. The van der Waals surface area contributed by atoms with E-state index in [1.54, 1.807) is 0 Å². The minimum atomic E-state index is 0.199. The van der Waals surface area contributed by atoms with Crippen LogP contribution in [0.2, 0.25) is 0 Å². The van der Waals surface area contributed by atoms with Crippen molar-refractivity contribution in [2.75, 3.05) is 0 Å². The first-order valence-electron chi connectivity index (χ1n) is 8.59. The van der Waals surface area contributed by atoms with Gasteiger partial charge in [-0.2, -0.15) is 0 Å². The standard InChI is InChI=1S/C19H30N2/c1-18(2)13-17(20)14-19(11-7-4-8-12-19)21(18)15-16-9-5-3-6-10-16/h3,5-6,9-10,17H,4,7-8,11-15,20H2,1-2H3. The van der Waals surface area contributed by atoms with Crippen LogP contribution < -0.4 is 5.73 Å². The number of benzene rings is 1. The van der Waals surface area contributed by atoms with Crippen molar-refractivity contribution in [3.8, 4) is 0 Å². The molecule has 1 aliphatic heterocycles. The number of piperidine rings is 1. The highest BCUT2D eigenvalue weighted by Gasteiger charge is 2.49. The van der Waals surface area contributed by atoms with Gasteiger partial charge in [0.1, 0.15) is 0 Å². The lowest BCUT2D eigenvalue weighted by atomic mass is 9.68. The third kappa shape index (κ3) is 3.02. The molecule has 1 atom stereocenters. The van der Waals surface area contributed by atoms with Crippen molar-refractivity contribution in [3.63, 3.8) is 0 Å². The lowest BCUT2D eigenvalue weighted by Gasteiger charge is -2.59. The number of rotatable bonds is 2. The molecule has 2 aliphatic rings. The number of hydrogen-bond acceptors (Lipinski definition) is 2. The summed E-state index contributed by atoms with van der Waals surface area (Å²) in [6.07, 6.45) is 9.09. The van der Waals surface area contributed by atoms with Crippen LogP contribution in [0.3, 0.4) is 0 Å². The van der Waals surface area contributed by atoms with Crippen molar-refractivity contribution in [3.05, 3.63) is 35.9 Å². The first-order chi connectivity index (χ1) is 10.0. The van der Waals surface area contributed by atoms with Gasteiger partial charge in [-0.3, -0.25) is 4.90 Å². The van der Waals surface area contributed by atoms with Crippen LogP contribution in [0.15, 0.2) is 30.3 Å². The van der Waals surface area contributed by atoms with Crippen LogP contribution in [-0.4, -0.2) is 22.0 Å². The summed E-state index contributed by atoms with van der Waals surface area (Å²) >= 11 is 0. The summed E-state index contributed by atoms with van der Waals surface area (Å²) in [6.45, 7) is 5.86. The molecule has 1 saturated heterocycles. The van der Waals surface area contributed by atoms with Crippen molar-refractivity contribution in [2.24, 2.45) is 5.73 Å². The Morgan fingerprint density at radius 2 is 1.71 bits per heavy atom. The number of nitrogens with two attached hydrogens (primary N) is 1. The minimum Gasteiger partial charge on any atom is -0.328 e. The Balaban J connectivity index is 1.91. The molecule has 0 amide bonds. The quantitative estimate of drug-likeness (QED) is 0.887. The molecule has 2 N–H and O–H groups in total. The van der Waals surface area contributed by atoms with Crippen LogP contribution in [-0.2, 0) is 6.54 Å². The van der Waals surface area contributed by atoms with Crippen LogP contribution in [0.25, 0.3) is 0 Å². The predicted octanol–water partition coefficient (Wildman–Crippen LogP) is 4.09. The summed E-state index contributed by atoms with van der Waals surface area (Å²) in [5.74, 6) is 0. The third-order valence-corrected chi connectivity index (χ3v) is 5.67. The van der Waals surface area contributed by atoms with Gasteiger partial charge in [0.05, 0.1) is 0 Å². The molecule has 2 heteroatoms. The highest BCUT2D eigenvalue weighted by atomic mass is 15.3. The van der Waals surface area contributed by atoms with Gasteiger partial charge in [-0.25, -0.2) is 0 Å². The van der Waals surface area contributed by atoms with Gasteiger partial charge in [-0.05, 0) is 45.1 Å². The van der Waals surface area contributed by atoms with E-state index in [0.29, 0.717) is 11.6 Å². The fraction of sp³-hybridized carbons (Fsp3) is 0.684. The van der Waals surface area contributed by atoms with Crippen molar-refractivity contribution in [2.45, 2.75) is 82.5 Å². The van der Waals surface area contributed by atoms with E-state index in [-0.39, 0.29) is 5.54 Å². The van der Waals surface area contributed by atoms with E-state index in [1.807, 2.05) is 0 Å². The van der Waals surface area contributed by atoms with Gasteiger partial charge in [-0.1, -0.05) is 49.6 Å². The zero-order chi connectivity index (χ0) is 14.9. The molecule has 0 aromatic heterocycles. The highest BCUT2D eigenvalue weighted by Crippen LogP contribution is 2.46. The van der Waals surface area contributed by atoms with Crippen LogP contribution in [0.5, 0.6) is 0 Å². The summed E-state index contributed by atoms with van der Waals surface area (Å²) in [5, 5.41) is 0. The molecule has 1 spiro atoms. The van der Waals surface area contributed by atoms with Gasteiger partial charge in [0.15, 0.2) is 0 Å². The molecule has 116 valence electrons. The Kier molecular flexibility index (Phi) is 4.11. The largest absolute Gasteiger partial charge is 0.328 e. The lowest BCUT2D eigenvalue weighted by molar-refractivity contribution is -0.0800. The van der Waals surface area contributed by atoms with E-state index in [2.05, 4.69) is 49.1 Å². The van der Waals surface area contributed by atoms with Gasteiger partial charge in [-0.15, -0.1) is 0 Å². The van der Waals surface area contributed by atoms with Crippen LogP contribution in [0.1, 0.15) is 64.4 Å². The Hall–Kier alpha value is -0.860. The topological polar surface area (TPSA) is 29.3 Å². The van der Waals surface area contributed by atoms with Gasteiger partial charge in [0.25, 0.3) is 0 Å². The highest BCUT2D eigenvalue weighted by molar-refractivity contribution is 5.17. The smallest absolute Gasteiger partial charge is 0.0244 e. The Bertz CT molecular complexity index is 460. The fourth-order valence-corrected chi connectivity index (χ4v) is 4.90. The first-order valence-corrected chi connectivity index (χ1v) is 8.59. The van der Waals surface area contributed by atoms with Crippen molar-refractivity contribution in [1.82, 2.24) is 4.90 Å². The van der Waals surface area contributed by atoms with E-state index >= 15 is 0 Å². The summed E-state index contributed by atoms with van der Waals surface area (Å²) < 4.78 is 0. The van der Waals surface area contributed by atoms with Gasteiger partial charge >= 0.3 is 0 Å². The van der Waals surface area contributed by atoms with E-state index in [4.69, 9.17) is 5.73 Å². The molecule has 0 bridgehead atoms. The molecule has 2 nitrogen and oxygen atoms in total. The zero-order valence-electron chi connectivity index (χ0n) is 13.6. The maximum Gasteiger partial charge on any atom is 0.0244 e. The van der Waals surface area contributed by atoms with Gasteiger partial charge in [0.2, 0.25) is 0 Å². The maximum atomic E-state index is 6.44. The first kappa shape index (κ1) is 15.1. The molecule has 2 fully saturated rings. The van der Waals surface area contributed by atoms with E-state index in [9.17, 15) is 0 Å². The molecule has 1 aliphatic carbocycles. The maximum absolute atomic E-state index is 6.44.